The summed E-state index contributed by atoms with van der Waals surface area (Å²) in [5.74, 6) is 0.891. The Kier molecular flexibility index (Phi) is 3.43. The summed E-state index contributed by atoms with van der Waals surface area (Å²) in [6.45, 7) is 8.06. The van der Waals surface area contributed by atoms with Crippen molar-refractivity contribution in [2.75, 3.05) is 13.1 Å². The zero-order chi connectivity index (χ0) is 12.6. The Morgan fingerprint density at radius 3 is 3.00 bits per heavy atom. The molecule has 2 atom stereocenters. The number of hydrogen-bond donors (Lipinski definition) is 1. The fourth-order valence-corrected chi connectivity index (χ4v) is 3.75. The Labute approximate surface area is 114 Å². The van der Waals surface area contributed by atoms with Gasteiger partial charge in [-0.25, -0.2) is 4.98 Å². The maximum atomic E-state index is 4.46. The van der Waals surface area contributed by atoms with Gasteiger partial charge in [0.1, 0.15) is 5.01 Å². The van der Waals surface area contributed by atoms with Crippen molar-refractivity contribution >= 4 is 11.3 Å². The minimum atomic E-state index is 0.345. The summed E-state index contributed by atoms with van der Waals surface area (Å²) in [5, 5.41) is 7.08. The predicted octanol–water partition coefficient (Wildman–Crippen LogP) is 2.50. The highest BCUT2D eigenvalue weighted by atomic mass is 32.1. The zero-order valence-electron chi connectivity index (χ0n) is 11.4. The van der Waals surface area contributed by atoms with Crippen molar-refractivity contribution in [3.05, 3.63) is 16.6 Å². The molecule has 18 heavy (non-hydrogen) atoms. The van der Waals surface area contributed by atoms with Crippen LogP contribution in [0, 0.1) is 5.92 Å². The smallest absolute Gasteiger partial charge is 0.107 e. The van der Waals surface area contributed by atoms with Gasteiger partial charge in [-0.3, -0.25) is 4.90 Å². The van der Waals surface area contributed by atoms with E-state index in [1.807, 2.05) is 6.20 Å². The van der Waals surface area contributed by atoms with Crippen LogP contribution in [0.25, 0.3) is 0 Å². The van der Waals surface area contributed by atoms with E-state index < -0.39 is 0 Å². The topological polar surface area (TPSA) is 28.2 Å². The second kappa shape index (κ2) is 4.91. The summed E-state index contributed by atoms with van der Waals surface area (Å²) < 4.78 is 0. The molecule has 1 saturated carbocycles. The average Bonchev–Trinajstić information content (AvgIpc) is 3.12. The molecule has 1 aromatic heterocycles. The lowest BCUT2D eigenvalue weighted by molar-refractivity contribution is 0.0270. The highest BCUT2D eigenvalue weighted by Gasteiger charge is 2.48. The lowest BCUT2D eigenvalue weighted by Gasteiger charge is -2.48. The van der Waals surface area contributed by atoms with Gasteiger partial charge in [0.15, 0.2) is 0 Å². The second-order valence-electron chi connectivity index (χ2n) is 5.92. The Bertz CT molecular complexity index is 388. The first-order chi connectivity index (χ1) is 8.72. The van der Waals surface area contributed by atoms with Gasteiger partial charge < -0.3 is 5.32 Å². The van der Waals surface area contributed by atoms with Crippen molar-refractivity contribution in [3.8, 4) is 0 Å². The molecule has 0 spiro atoms. The third-order valence-corrected chi connectivity index (χ3v) is 5.44. The fraction of sp³-hybridized carbons (Fsp3) is 0.786. The lowest BCUT2D eigenvalue weighted by Crippen LogP contribution is -2.63. The number of aromatic nitrogens is 1. The van der Waals surface area contributed by atoms with Crippen LogP contribution in [0.3, 0.4) is 0 Å². The first-order valence-electron chi connectivity index (χ1n) is 7.09. The van der Waals surface area contributed by atoms with Crippen molar-refractivity contribution in [1.82, 2.24) is 15.2 Å². The quantitative estimate of drug-likeness (QED) is 0.906. The van der Waals surface area contributed by atoms with E-state index in [1.54, 1.807) is 11.3 Å². The fourth-order valence-electron chi connectivity index (χ4n) is 3.12. The number of hydrogen-bond acceptors (Lipinski definition) is 4. The van der Waals surface area contributed by atoms with Crippen LogP contribution >= 0.6 is 11.3 Å². The third-order valence-electron chi connectivity index (χ3n) is 4.67. The van der Waals surface area contributed by atoms with Crippen molar-refractivity contribution in [3.63, 3.8) is 0 Å². The molecule has 2 aliphatic rings. The molecule has 3 nitrogen and oxygen atoms in total. The Balaban J connectivity index is 1.76. The number of rotatable bonds is 4. The third kappa shape index (κ3) is 2.33. The van der Waals surface area contributed by atoms with Crippen molar-refractivity contribution in [2.24, 2.45) is 5.92 Å². The predicted molar refractivity (Wildman–Crippen MR) is 75.7 cm³/mol. The van der Waals surface area contributed by atoms with Crippen molar-refractivity contribution < 1.29 is 0 Å². The molecule has 3 rings (SSSR count). The molecule has 0 amide bonds. The summed E-state index contributed by atoms with van der Waals surface area (Å²) in [6, 6.07) is 0.650. The van der Waals surface area contributed by atoms with Crippen LogP contribution in [-0.2, 0) is 6.54 Å². The van der Waals surface area contributed by atoms with Gasteiger partial charge in [0, 0.05) is 36.2 Å². The summed E-state index contributed by atoms with van der Waals surface area (Å²) in [5.41, 5.74) is 0.345. The summed E-state index contributed by atoms with van der Waals surface area (Å²) in [6.07, 6.45) is 5.95. The van der Waals surface area contributed by atoms with Gasteiger partial charge in [-0.1, -0.05) is 6.92 Å². The van der Waals surface area contributed by atoms with Gasteiger partial charge in [-0.15, -0.1) is 11.3 Å². The molecule has 2 unspecified atom stereocenters. The first kappa shape index (κ1) is 12.6. The van der Waals surface area contributed by atoms with Crippen LogP contribution in [0.1, 0.15) is 38.1 Å². The van der Waals surface area contributed by atoms with E-state index in [1.165, 1.54) is 30.8 Å². The molecule has 1 N–H and O–H groups in total. The first-order valence-corrected chi connectivity index (χ1v) is 7.97. The summed E-state index contributed by atoms with van der Waals surface area (Å²) >= 11 is 1.79. The van der Waals surface area contributed by atoms with Crippen molar-refractivity contribution in [2.45, 2.75) is 51.2 Å². The van der Waals surface area contributed by atoms with E-state index in [0.29, 0.717) is 11.6 Å². The highest BCUT2D eigenvalue weighted by Crippen LogP contribution is 2.44. The number of nitrogens with one attached hydrogen (secondary N) is 1. The van der Waals surface area contributed by atoms with Gasteiger partial charge in [0.2, 0.25) is 0 Å². The van der Waals surface area contributed by atoms with Crippen LogP contribution in [0.5, 0.6) is 0 Å². The molecule has 1 aliphatic carbocycles. The molecule has 0 bridgehead atoms. The van der Waals surface area contributed by atoms with Crippen LogP contribution < -0.4 is 5.32 Å². The van der Waals surface area contributed by atoms with Crippen LogP contribution in [-0.4, -0.2) is 34.6 Å². The molecule has 0 radical (unpaired) electrons. The molecule has 1 aromatic rings. The van der Waals surface area contributed by atoms with Crippen LogP contribution in [0.2, 0.25) is 0 Å². The Morgan fingerprint density at radius 2 is 2.39 bits per heavy atom. The molecule has 4 heteroatoms. The van der Waals surface area contributed by atoms with Gasteiger partial charge in [0.05, 0.1) is 6.54 Å². The van der Waals surface area contributed by atoms with Crippen LogP contribution in [0.15, 0.2) is 11.6 Å². The average molecular weight is 265 g/mol. The maximum absolute atomic E-state index is 4.46. The number of thiazole rings is 1. The SMILES string of the molecule is CCC1CN(Cc2nccs2)C(C)(C2CC2)CN1. The Hall–Kier alpha value is -0.450. The molecule has 0 aromatic carbocycles. The molecular weight excluding hydrogens is 242 g/mol. The Morgan fingerprint density at radius 1 is 1.56 bits per heavy atom. The lowest BCUT2D eigenvalue weighted by atomic mass is 9.89. The maximum Gasteiger partial charge on any atom is 0.107 e. The van der Waals surface area contributed by atoms with E-state index in [4.69, 9.17) is 0 Å². The zero-order valence-corrected chi connectivity index (χ0v) is 12.2. The molecule has 2 fully saturated rings. The molecule has 2 heterocycles. The van der Waals surface area contributed by atoms with E-state index >= 15 is 0 Å². The second-order valence-corrected chi connectivity index (χ2v) is 6.90. The molecule has 1 saturated heterocycles. The van der Waals surface area contributed by atoms with E-state index in [-0.39, 0.29) is 0 Å². The van der Waals surface area contributed by atoms with Gasteiger partial charge in [0.25, 0.3) is 0 Å². The molecular formula is C14H23N3S. The van der Waals surface area contributed by atoms with Crippen LogP contribution in [0.4, 0.5) is 0 Å². The van der Waals surface area contributed by atoms with Gasteiger partial charge in [-0.05, 0) is 32.1 Å². The minimum absolute atomic E-state index is 0.345. The number of piperazine rings is 1. The summed E-state index contributed by atoms with van der Waals surface area (Å²) in [7, 11) is 0. The van der Waals surface area contributed by atoms with E-state index in [9.17, 15) is 0 Å². The molecule has 100 valence electrons. The highest BCUT2D eigenvalue weighted by molar-refractivity contribution is 7.09. The van der Waals surface area contributed by atoms with Gasteiger partial charge in [-0.2, -0.15) is 0 Å². The number of nitrogens with zero attached hydrogens (tertiary/aromatic N) is 2. The minimum Gasteiger partial charge on any atom is -0.311 e. The monoisotopic (exact) mass is 265 g/mol. The standard InChI is InChI=1S/C14H23N3S/c1-3-12-8-17(9-13-15-6-7-18-13)14(2,10-16-12)11-4-5-11/h6-7,11-12,16H,3-5,8-10H2,1-2H3. The van der Waals surface area contributed by atoms with E-state index in [0.717, 1.165) is 19.0 Å². The van der Waals surface area contributed by atoms with E-state index in [2.05, 4.69) is 34.4 Å². The normalized spacial score (nSPS) is 33.8. The van der Waals surface area contributed by atoms with Crippen molar-refractivity contribution in [1.29, 1.82) is 0 Å². The molecule has 1 aliphatic heterocycles. The van der Waals surface area contributed by atoms with Gasteiger partial charge >= 0.3 is 0 Å². The summed E-state index contributed by atoms with van der Waals surface area (Å²) in [4.78, 5) is 7.15. The largest absolute Gasteiger partial charge is 0.311 e.